The Hall–Kier alpha value is -1.58. The molecular formula is C15H22O4. The van der Waals surface area contributed by atoms with Crippen molar-refractivity contribution in [2.75, 3.05) is 13.2 Å². The largest absolute Gasteiger partial charge is 0.461 e. The molecule has 0 aromatic heterocycles. The van der Waals surface area contributed by atoms with Crippen LogP contribution in [0.2, 0.25) is 0 Å². The molecule has 0 unspecified atom stereocenters. The van der Waals surface area contributed by atoms with Gasteiger partial charge in [0.05, 0.1) is 0 Å². The van der Waals surface area contributed by atoms with Crippen LogP contribution in [0.1, 0.15) is 38.5 Å². The van der Waals surface area contributed by atoms with E-state index in [0.29, 0.717) is 12.8 Å². The zero-order valence-corrected chi connectivity index (χ0v) is 11.4. The van der Waals surface area contributed by atoms with Crippen molar-refractivity contribution < 1.29 is 19.1 Å². The molecule has 0 spiro atoms. The van der Waals surface area contributed by atoms with Crippen LogP contribution >= 0.6 is 0 Å². The minimum absolute atomic E-state index is 0.120. The van der Waals surface area contributed by atoms with Gasteiger partial charge in [0.15, 0.2) is 5.41 Å². The highest BCUT2D eigenvalue weighted by Gasteiger charge is 2.48. The van der Waals surface area contributed by atoms with Gasteiger partial charge in [-0.3, -0.25) is 9.59 Å². The van der Waals surface area contributed by atoms with Crippen molar-refractivity contribution in [1.82, 2.24) is 0 Å². The van der Waals surface area contributed by atoms with Crippen LogP contribution in [0.5, 0.6) is 0 Å². The van der Waals surface area contributed by atoms with Gasteiger partial charge >= 0.3 is 11.9 Å². The van der Waals surface area contributed by atoms with Crippen molar-refractivity contribution >= 4 is 11.9 Å². The van der Waals surface area contributed by atoms with Gasteiger partial charge in [0, 0.05) is 0 Å². The third-order valence-electron chi connectivity index (χ3n) is 3.40. The summed E-state index contributed by atoms with van der Waals surface area (Å²) in [5.74, 6) is -0.966. The summed E-state index contributed by atoms with van der Waals surface area (Å²) in [7, 11) is 0. The molecule has 0 heterocycles. The molecule has 0 aromatic rings. The van der Waals surface area contributed by atoms with Crippen LogP contribution in [0.25, 0.3) is 0 Å². The fourth-order valence-electron chi connectivity index (χ4n) is 2.37. The fraction of sp³-hybridized carbons (Fsp3) is 0.600. The Bertz CT molecular complexity index is 312. The summed E-state index contributed by atoms with van der Waals surface area (Å²) in [6.45, 7) is 7.25. The Balaban J connectivity index is 2.86. The van der Waals surface area contributed by atoms with Crippen molar-refractivity contribution in [2.24, 2.45) is 5.41 Å². The summed E-state index contributed by atoms with van der Waals surface area (Å²) in [6.07, 6.45) is 7.74. The number of carbonyl (C=O) groups is 2. The van der Waals surface area contributed by atoms with Crippen LogP contribution in [0.3, 0.4) is 0 Å². The third-order valence-corrected chi connectivity index (χ3v) is 3.40. The Morgan fingerprint density at radius 1 is 0.895 bits per heavy atom. The normalized spacial score (nSPS) is 17.9. The van der Waals surface area contributed by atoms with E-state index in [2.05, 4.69) is 13.2 Å². The average molecular weight is 266 g/mol. The highest BCUT2D eigenvalue weighted by molar-refractivity contribution is 6.00. The summed E-state index contributed by atoms with van der Waals surface area (Å²) in [5.41, 5.74) is -1.14. The maximum absolute atomic E-state index is 12.2. The van der Waals surface area contributed by atoms with Crippen LogP contribution in [0, 0.1) is 5.41 Å². The Kier molecular flexibility index (Phi) is 6.33. The summed E-state index contributed by atoms with van der Waals surface area (Å²) >= 11 is 0. The summed E-state index contributed by atoms with van der Waals surface area (Å²) < 4.78 is 10.2. The fourth-order valence-corrected chi connectivity index (χ4v) is 2.37. The minimum atomic E-state index is -1.14. The first-order valence-corrected chi connectivity index (χ1v) is 6.73. The number of carbonyl (C=O) groups excluding carboxylic acids is 2. The molecule has 0 aromatic carbocycles. The third kappa shape index (κ3) is 3.94. The second-order valence-corrected chi connectivity index (χ2v) is 4.77. The zero-order chi connectivity index (χ0) is 14.1. The first-order valence-electron chi connectivity index (χ1n) is 6.73. The van der Waals surface area contributed by atoms with Gasteiger partial charge in [-0.15, -0.1) is 0 Å². The Morgan fingerprint density at radius 3 is 1.68 bits per heavy atom. The van der Waals surface area contributed by atoms with E-state index in [1.807, 2.05) is 0 Å². The van der Waals surface area contributed by atoms with Gasteiger partial charge in [-0.2, -0.15) is 0 Å². The number of hydrogen-bond acceptors (Lipinski definition) is 4. The molecule has 1 aliphatic rings. The van der Waals surface area contributed by atoms with Crippen LogP contribution in [-0.4, -0.2) is 25.2 Å². The lowest BCUT2D eigenvalue weighted by molar-refractivity contribution is -0.172. The van der Waals surface area contributed by atoms with E-state index in [1.54, 1.807) is 0 Å². The second-order valence-electron chi connectivity index (χ2n) is 4.77. The minimum Gasteiger partial charge on any atom is -0.461 e. The lowest BCUT2D eigenvalue weighted by Gasteiger charge is -2.27. The zero-order valence-electron chi connectivity index (χ0n) is 11.4. The van der Waals surface area contributed by atoms with Gasteiger partial charge < -0.3 is 9.47 Å². The summed E-state index contributed by atoms with van der Waals surface area (Å²) in [6, 6.07) is 0. The van der Waals surface area contributed by atoms with Crippen molar-refractivity contribution in [2.45, 2.75) is 38.5 Å². The Morgan fingerprint density at radius 2 is 1.32 bits per heavy atom. The van der Waals surface area contributed by atoms with E-state index in [0.717, 1.165) is 25.7 Å². The number of rotatable bonds is 6. The topological polar surface area (TPSA) is 52.6 Å². The molecule has 1 fully saturated rings. The Labute approximate surface area is 114 Å². The van der Waals surface area contributed by atoms with Gasteiger partial charge in [0.25, 0.3) is 0 Å². The molecule has 106 valence electrons. The van der Waals surface area contributed by atoms with E-state index in [9.17, 15) is 9.59 Å². The van der Waals surface area contributed by atoms with Crippen LogP contribution in [0.15, 0.2) is 25.3 Å². The molecule has 0 radical (unpaired) electrons. The molecule has 1 rings (SSSR count). The second kappa shape index (κ2) is 7.77. The lowest BCUT2D eigenvalue weighted by Crippen LogP contribution is -2.41. The molecule has 4 heteroatoms. The molecule has 0 aliphatic heterocycles. The van der Waals surface area contributed by atoms with Crippen LogP contribution in [-0.2, 0) is 19.1 Å². The standard InChI is InChI=1S/C15H22O4/c1-3-11-18-13(16)15(14(17)19-12-4-2)9-7-5-6-8-10-15/h3-4H,1-2,5-12H2. The van der Waals surface area contributed by atoms with Crippen molar-refractivity contribution in [3.8, 4) is 0 Å². The molecule has 4 nitrogen and oxygen atoms in total. The molecule has 0 amide bonds. The molecule has 0 N–H and O–H groups in total. The van der Waals surface area contributed by atoms with E-state index in [1.165, 1.54) is 12.2 Å². The molecule has 0 atom stereocenters. The van der Waals surface area contributed by atoms with Crippen molar-refractivity contribution in [3.05, 3.63) is 25.3 Å². The van der Waals surface area contributed by atoms with Crippen LogP contribution in [0.4, 0.5) is 0 Å². The maximum atomic E-state index is 12.2. The highest BCUT2D eigenvalue weighted by atomic mass is 16.6. The van der Waals surface area contributed by atoms with Gasteiger partial charge in [0.2, 0.25) is 0 Å². The predicted molar refractivity (Wildman–Crippen MR) is 72.4 cm³/mol. The lowest BCUT2D eigenvalue weighted by atomic mass is 9.80. The molecule has 1 aliphatic carbocycles. The van der Waals surface area contributed by atoms with E-state index >= 15 is 0 Å². The molecule has 0 saturated heterocycles. The SMILES string of the molecule is C=CCOC(=O)C1(C(=O)OCC=C)CCCCCC1. The number of hydrogen-bond donors (Lipinski definition) is 0. The maximum Gasteiger partial charge on any atom is 0.323 e. The van der Waals surface area contributed by atoms with Crippen molar-refractivity contribution in [1.29, 1.82) is 0 Å². The van der Waals surface area contributed by atoms with Gasteiger partial charge in [-0.05, 0) is 12.8 Å². The number of ether oxygens (including phenoxy) is 2. The first kappa shape index (κ1) is 15.5. The smallest absolute Gasteiger partial charge is 0.323 e. The number of esters is 2. The molecule has 1 saturated carbocycles. The molecular weight excluding hydrogens is 244 g/mol. The van der Waals surface area contributed by atoms with Crippen molar-refractivity contribution in [3.63, 3.8) is 0 Å². The monoisotopic (exact) mass is 266 g/mol. The van der Waals surface area contributed by atoms with Crippen LogP contribution < -0.4 is 0 Å². The quantitative estimate of drug-likeness (QED) is 0.321. The average Bonchev–Trinajstić information content (AvgIpc) is 2.68. The van der Waals surface area contributed by atoms with E-state index in [-0.39, 0.29) is 13.2 Å². The van der Waals surface area contributed by atoms with E-state index < -0.39 is 17.4 Å². The molecule has 19 heavy (non-hydrogen) atoms. The predicted octanol–water partition coefficient (Wildman–Crippen LogP) is 2.79. The first-order chi connectivity index (χ1) is 9.17. The molecule has 0 bridgehead atoms. The summed E-state index contributed by atoms with van der Waals surface area (Å²) in [5, 5.41) is 0. The highest BCUT2D eigenvalue weighted by Crippen LogP contribution is 2.37. The van der Waals surface area contributed by atoms with Gasteiger partial charge in [-0.1, -0.05) is 51.0 Å². The van der Waals surface area contributed by atoms with Gasteiger partial charge in [-0.25, -0.2) is 0 Å². The van der Waals surface area contributed by atoms with E-state index in [4.69, 9.17) is 9.47 Å². The summed E-state index contributed by atoms with van der Waals surface area (Å²) in [4.78, 5) is 24.5. The van der Waals surface area contributed by atoms with Gasteiger partial charge in [0.1, 0.15) is 13.2 Å².